The molecule has 4 rings (SSSR count). The van der Waals surface area contributed by atoms with E-state index in [0.717, 1.165) is 43.4 Å². The zero-order valence-electron chi connectivity index (χ0n) is 16.1. The molecule has 1 aromatic heterocycles. The van der Waals surface area contributed by atoms with Crippen molar-refractivity contribution in [3.63, 3.8) is 0 Å². The molecule has 2 N–H and O–H groups in total. The summed E-state index contributed by atoms with van der Waals surface area (Å²) in [4.78, 5) is 12.6. The second-order valence-electron chi connectivity index (χ2n) is 7.49. The molecule has 0 radical (unpaired) electrons. The Morgan fingerprint density at radius 2 is 1.93 bits per heavy atom. The Morgan fingerprint density at radius 3 is 2.61 bits per heavy atom. The van der Waals surface area contributed by atoms with Crippen LogP contribution in [0.5, 0.6) is 0 Å². The van der Waals surface area contributed by atoms with Gasteiger partial charge in [-0.1, -0.05) is 0 Å². The van der Waals surface area contributed by atoms with Gasteiger partial charge in [0.1, 0.15) is 0 Å². The molecule has 1 saturated carbocycles. The Labute approximate surface area is 165 Å². The minimum Gasteiger partial charge on any atom is -0.331 e. The fourth-order valence-corrected chi connectivity index (χ4v) is 5.11. The highest BCUT2D eigenvalue weighted by molar-refractivity contribution is 7.89. The topological polar surface area (TPSA) is 96.3 Å². The standard InChI is InChI=1S/C19H25N5O3S/c1-23-18-5-3-4-17(16(18)12-20-23)22-19(25)21-13-6-10-15(11-7-13)28(26,27)24(2)14-8-9-14/h6-7,10-12,14,17H,3-5,8-9H2,1-2H3,(H2,21,22,25). The van der Waals surface area contributed by atoms with Gasteiger partial charge in [-0.3, -0.25) is 4.68 Å². The number of amides is 2. The normalized spacial score (nSPS) is 19.3. The molecular formula is C19H25N5O3S. The molecule has 0 spiro atoms. The maximum absolute atomic E-state index is 12.5. The first kappa shape index (κ1) is 18.9. The van der Waals surface area contributed by atoms with E-state index in [1.807, 2.05) is 17.9 Å². The van der Waals surface area contributed by atoms with Crippen LogP contribution >= 0.6 is 0 Å². The number of sulfonamides is 1. The Bertz CT molecular complexity index is 979. The van der Waals surface area contributed by atoms with E-state index in [0.29, 0.717) is 5.69 Å². The van der Waals surface area contributed by atoms with Crippen LogP contribution < -0.4 is 10.6 Å². The van der Waals surface area contributed by atoms with Gasteiger partial charge < -0.3 is 10.6 Å². The predicted molar refractivity (Wildman–Crippen MR) is 105 cm³/mol. The lowest BCUT2D eigenvalue weighted by Gasteiger charge is -2.24. The molecule has 0 aliphatic heterocycles. The van der Waals surface area contributed by atoms with Crippen molar-refractivity contribution in [1.82, 2.24) is 19.4 Å². The third-order valence-corrected chi connectivity index (χ3v) is 7.46. The Hall–Kier alpha value is -2.39. The second-order valence-corrected chi connectivity index (χ2v) is 9.49. The number of urea groups is 1. The smallest absolute Gasteiger partial charge is 0.319 e. The van der Waals surface area contributed by atoms with Crippen LogP contribution in [-0.4, -0.2) is 41.6 Å². The number of carbonyl (C=O) groups excluding carboxylic acids is 1. The molecule has 1 heterocycles. The van der Waals surface area contributed by atoms with Gasteiger partial charge in [0, 0.05) is 37.1 Å². The van der Waals surface area contributed by atoms with Gasteiger partial charge in [0.05, 0.1) is 17.1 Å². The van der Waals surface area contributed by atoms with Gasteiger partial charge in [0.15, 0.2) is 0 Å². The number of benzene rings is 1. The van der Waals surface area contributed by atoms with E-state index in [4.69, 9.17) is 0 Å². The van der Waals surface area contributed by atoms with Crippen molar-refractivity contribution in [2.75, 3.05) is 12.4 Å². The van der Waals surface area contributed by atoms with Crippen LogP contribution in [0.25, 0.3) is 0 Å². The van der Waals surface area contributed by atoms with Crippen molar-refractivity contribution in [3.8, 4) is 0 Å². The summed E-state index contributed by atoms with van der Waals surface area (Å²) in [5.74, 6) is 0. The van der Waals surface area contributed by atoms with E-state index in [9.17, 15) is 13.2 Å². The number of hydrogen-bond donors (Lipinski definition) is 2. The summed E-state index contributed by atoms with van der Waals surface area (Å²) in [5, 5.41) is 10.1. The third-order valence-electron chi connectivity index (χ3n) is 5.53. The molecule has 8 nitrogen and oxygen atoms in total. The molecule has 1 atom stereocenters. The monoisotopic (exact) mass is 403 g/mol. The summed E-state index contributed by atoms with van der Waals surface area (Å²) >= 11 is 0. The van der Waals surface area contributed by atoms with Gasteiger partial charge in [0.2, 0.25) is 10.0 Å². The summed E-state index contributed by atoms with van der Waals surface area (Å²) < 4.78 is 28.4. The molecule has 2 aliphatic rings. The van der Waals surface area contributed by atoms with E-state index in [2.05, 4.69) is 15.7 Å². The third kappa shape index (κ3) is 3.64. The highest BCUT2D eigenvalue weighted by atomic mass is 32.2. The van der Waals surface area contributed by atoms with Gasteiger partial charge in [0.25, 0.3) is 0 Å². The molecule has 0 saturated heterocycles. The zero-order valence-corrected chi connectivity index (χ0v) is 16.9. The fraction of sp³-hybridized carbons (Fsp3) is 0.474. The quantitative estimate of drug-likeness (QED) is 0.801. The number of anilines is 1. The van der Waals surface area contributed by atoms with Crippen molar-refractivity contribution in [1.29, 1.82) is 0 Å². The lowest BCUT2D eigenvalue weighted by molar-refractivity contribution is 0.247. The van der Waals surface area contributed by atoms with Crippen molar-refractivity contribution in [3.05, 3.63) is 41.7 Å². The summed E-state index contributed by atoms with van der Waals surface area (Å²) in [5.41, 5.74) is 2.77. The molecule has 1 fully saturated rings. The average Bonchev–Trinajstić information content (AvgIpc) is 3.45. The van der Waals surface area contributed by atoms with Crippen molar-refractivity contribution < 1.29 is 13.2 Å². The van der Waals surface area contributed by atoms with Gasteiger partial charge >= 0.3 is 6.03 Å². The highest BCUT2D eigenvalue weighted by Gasteiger charge is 2.35. The number of rotatable bonds is 5. The first-order chi connectivity index (χ1) is 13.4. The van der Waals surface area contributed by atoms with Crippen LogP contribution in [0, 0.1) is 0 Å². The predicted octanol–water partition coefficient (Wildman–Crippen LogP) is 2.40. The van der Waals surface area contributed by atoms with E-state index in [1.54, 1.807) is 19.2 Å². The molecule has 2 aliphatic carbocycles. The molecular weight excluding hydrogens is 378 g/mol. The van der Waals surface area contributed by atoms with Crippen molar-refractivity contribution in [2.45, 2.75) is 49.1 Å². The maximum Gasteiger partial charge on any atom is 0.319 e. The van der Waals surface area contributed by atoms with Crippen LogP contribution in [0.1, 0.15) is 43.0 Å². The van der Waals surface area contributed by atoms with E-state index >= 15 is 0 Å². The second kappa shape index (κ2) is 7.21. The van der Waals surface area contributed by atoms with Crippen molar-refractivity contribution >= 4 is 21.7 Å². The highest BCUT2D eigenvalue weighted by Crippen LogP contribution is 2.31. The van der Waals surface area contributed by atoms with Crippen molar-refractivity contribution in [2.24, 2.45) is 7.05 Å². The summed E-state index contributed by atoms with van der Waals surface area (Å²) in [7, 11) is 0.0497. The minimum atomic E-state index is -3.48. The maximum atomic E-state index is 12.5. The Kier molecular flexibility index (Phi) is 4.88. The van der Waals surface area contributed by atoms with Crippen LogP contribution in [0.15, 0.2) is 35.4 Å². The van der Waals surface area contributed by atoms with Gasteiger partial charge in [-0.2, -0.15) is 9.40 Å². The number of hydrogen-bond acceptors (Lipinski definition) is 4. The molecule has 0 bridgehead atoms. The van der Waals surface area contributed by atoms with Crippen LogP contribution in [-0.2, 0) is 23.5 Å². The van der Waals surface area contributed by atoms with Gasteiger partial charge in [-0.15, -0.1) is 0 Å². The molecule has 1 aromatic carbocycles. The molecule has 2 aromatic rings. The largest absolute Gasteiger partial charge is 0.331 e. The number of nitrogens with zero attached hydrogens (tertiary/aromatic N) is 3. The molecule has 9 heteroatoms. The lowest BCUT2D eigenvalue weighted by atomic mass is 9.93. The number of aromatic nitrogens is 2. The number of aryl methyl sites for hydroxylation is 1. The SMILES string of the molecule is CN(C1CC1)S(=O)(=O)c1ccc(NC(=O)NC2CCCc3c2cnn3C)cc1. The Balaban J connectivity index is 1.40. The summed E-state index contributed by atoms with van der Waals surface area (Å²) in [6, 6.07) is 6.03. The molecule has 2 amide bonds. The zero-order chi connectivity index (χ0) is 19.9. The van der Waals surface area contributed by atoms with E-state index < -0.39 is 10.0 Å². The summed E-state index contributed by atoms with van der Waals surface area (Å²) in [6.07, 6.45) is 6.48. The Morgan fingerprint density at radius 1 is 1.21 bits per heavy atom. The molecule has 1 unspecified atom stereocenters. The van der Waals surface area contributed by atoms with Gasteiger partial charge in [-0.05, 0) is 56.4 Å². The van der Waals surface area contributed by atoms with Crippen LogP contribution in [0.2, 0.25) is 0 Å². The van der Waals surface area contributed by atoms with Crippen LogP contribution in [0.3, 0.4) is 0 Å². The lowest BCUT2D eigenvalue weighted by Crippen LogP contribution is -2.34. The van der Waals surface area contributed by atoms with Crippen LogP contribution in [0.4, 0.5) is 10.5 Å². The van der Waals surface area contributed by atoms with Gasteiger partial charge in [-0.25, -0.2) is 13.2 Å². The number of carbonyl (C=O) groups is 1. The fourth-order valence-electron chi connectivity index (χ4n) is 3.69. The number of nitrogens with one attached hydrogen (secondary N) is 2. The first-order valence-electron chi connectivity index (χ1n) is 9.52. The molecule has 28 heavy (non-hydrogen) atoms. The number of fused-ring (bicyclic) bond motifs is 1. The first-order valence-corrected chi connectivity index (χ1v) is 11.0. The average molecular weight is 404 g/mol. The van der Waals surface area contributed by atoms with E-state index in [1.165, 1.54) is 16.4 Å². The minimum absolute atomic E-state index is 0.0655. The van der Waals surface area contributed by atoms with E-state index in [-0.39, 0.29) is 23.0 Å². The summed E-state index contributed by atoms with van der Waals surface area (Å²) in [6.45, 7) is 0. The molecule has 150 valence electrons.